The number of nitrogens with one attached hydrogen (secondary N) is 1. The van der Waals surface area contributed by atoms with E-state index in [0.717, 1.165) is 42.5 Å². The van der Waals surface area contributed by atoms with Gasteiger partial charge in [0, 0.05) is 42.6 Å². The number of piperidine rings is 1. The molecule has 3 heterocycles. The predicted octanol–water partition coefficient (Wildman–Crippen LogP) is 2.31. The number of esters is 1. The van der Waals surface area contributed by atoms with Gasteiger partial charge < -0.3 is 15.4 Å². The number of methoxy groups -OCH3 is 1. The quantitative estimate of drug-likeness (QED) is 0.457. The van der Waals surface area contributed by atoms with Gasteiger partial charge in [-0.15, -0.1) is 11.3 Å². The van der Waals surface area contributed by atoms with Crippen molar-refractivity contribution >= 4 is 29.0 Å². The zero-order valence-electron chi connectivity index (χ0n) is 14.8. The van der Waals surface area contributed by atoms with Crippen molar-refractivity contribution in [2.24, 2.45) is 5.73 Å². The van der Waals surface area contributed by atoms with Crippen molar-refractivity contribution in [1.82, 2.24) is 9.97 Å². The van der Waals surface area contributed by atoms with Crippen LogP contribution in [0, 0.1) is 5.41 Å². The number of nitrogens with zero attached hydrogens (tertiary/aromatic N) is 3. The van der Waals surface area contributed by atoms with Crippen molar-refractivity contribution in [3.8, 4) is 0 Å². The minimum absolute atomic E-state index is 0.0366. The molecule has 0 aromatic carbocycles. The van der Waals surface area contributed by atoms with Crippen molar-refractivity contribution in [2.45, 2.75) is 31.6 Å². The van der Waals surface area contributed by atoms with Crippen molar-refractivity contribution in [3.63, 3.8) is 0 Å². The molecule has 2 aromatic heterocycles. The van der Waals surface area contributed by atoms with Crippen molar-refractivity contribution in [3.05, 3.63) is 40.0 Å². The molecule has 0 saturated carbocycles. The fourth-order valence-corrected chi connectivity index (χ4v) is 4.07. The second kappa shape index (κ2) is 8.27. The Bertz CT molecular complexity index is 766. The Balaban J connectivity index is 1.54. The molecule has 0 radical (unpaired) electrons. The van der Waals surface area contributed by atoms with Crippen LogP contribution in [0.3, 0.4) is 0 Å². The van der Waals surface area contributed by atoms with Crippen LogP contribution in [0.5, 0.6) is 0 Å². The molecule has 0 atom stereocenters. The number of aromatic nitrogens is 2. The molecule has 138 valence electrons. The van der Waals surface area contributed by atoms with E-state index in [0.29, 0.717) is 24.3 Å². The fourth-order valence-electron chi connectivity index (χ4n) is 3.05. The minimum atomic E-state index is -0.198. The molecule has 0 aliphatic carbocycles. The standard InChI is InChI=1S/C18H23N5O2S/c1-25-16(24)5-3-14-11-26-18(22-14)12-6-8-23(9-7-12)15-4-2-13(10-21-15)17(19)20/h2,4,10-12H,3,5-9H2,1H3,(H3,19,20). The number of pyridine rings is 1. The lowest BCUT2D eigenvalue weighted by Gasteiger charge is -2.32. The number of carbonyl (C=O) groups is 1. The summed E-state index contributed by atoms with van der Waals surface area (Å²) in [5.74, 6) is 1.22. The van der Waals surface area contributed by atoms with Crippen LogP contribution in [0.1, 0.15) is 41.4 Å². The molecule has 7 nitrogen and oxygen atoms in total. The van der Waals surface area contributed by atoms with Crippen LogP contribution in [-0.4, -0.2) is 42.0 Å². The Kier molecular flexibility index (Phi) is 5.82. The predicted molar refractivity (Wildman–Crippen MR) is 102 cm³/mol. The third-order valence-corrected chi connectivity index (χ3v) is 5.67. The fraction of sp³-hybridized carbons (Fsp3) is 0.444. The van der Waals surface area contributed by atoms with E-state index in [9.17, 15) is 4.79 Å². The molecule has 3 rings (SSSR count). The molecule has 1 aliphatic heterocycles. The van der Waals surface area contributed by atoms with Crippen LogP contribution in [0.15, 0.2) is 23.7 Å². The molecule has 2 aromatic rings. The van der Waals surface area contributed by atoms with E-state index < -0.39 is 0 Å². The normalized spacial score (nSPS) is 15.0. The molecule has 8 heteroatoms. The first kappa shape index (κ1) is 18.3. The molecule has 0 unspecified atom stereocenters. The largest absolute Gasteiger partial charge is 0.469 e. The number of nitrogens with two attached hydrogens (primary N) is 1. The summed E-state index contributed by atoms with van der Waals surface area (Å²) in [6, 6.07) is 3.76. The number of aryl methyl sites for hydroxylation is 1. The average molecular weight is 373 g/mol. The van der Waals surface area contributed by atoms with E-state index in [-0.39, 0.29) is 11.8 Å². The molecule has 26 heavy (non-hydrogen) atoms. The van der Waals surface area contributed by atoms with Crippen molar-refractivity contribution in [1.29, 1.82) is 5.41 Å². The Morgan fingerprint density at radius 3 is 2.81 bits per heavy atom. The highest BCUT2D eigenvalue weighted by Gasteiger charge is 2.23. The molecular weight excluding hydrogens is 350 g/mol. The third kappa shape index (κ3) is 4.37. The highest BCUT2D eigenvalue weighted by atomic mass is 32.1. The Hall–Kier alpha value is -2.48. The van der Waals surface area contributed by atoms with Gasteiger partial charge in [-0.3, -0.25) is 10.2 Å². The van der Waals surface area contributed by atoms with Gasteiger partial charge in [0.25, 0.3) is 0 Å². The number of anilines is 1. The molecule has 0 bridgehead atoms. The molecule has 1 saturated heterocycles. The maximum atomic E-state index is 11.2. The number of ether oxygens (including phenoxy) is 1. The lowest BCUT2D eigenvalue weighted by atomic mass is 9.97. The first-order valence-electron chi connectivity index (χ1n) is 8.63. The van der Waals surface area contributed by atoms with E-state index in [2.05, 4.69) is 14.6 Å². The van der Waals surface area contributed by atoms with Crippen LogP contribution < -0.4 is 10.6 Å². The monoisotopic (exact) mass is 373 g/mol. The smallest absolute Gasteiger partial charge is 0.305 e. The van der Waals surface area contributed by atoms with E-state index in [1.807, 2.05) is 17.5 Å². The lowest BCUT2D eigenvalue weighted by Crippen LogP contribution is -2.33. The van der Waals surface area contributed by atoms with Gasteiger partial charge in [0.15, 0.2) is 0 Å². The number of hydrogen-bond acceptors (Lipinski definition) is 7. The molecule has 0 amide bonds. The summed E-state index contributed by atoms with van der Waals surface area (Å²) in [5, 5.41) is 10.6. The van der Waals surface area contributed by atoms with Gasteiger partial charge in [-0.25, -0.2) is 9.97 Å². The molecular formula is C18H23N5O2S. The Morgan fingerprint density at radius 2 is 2.19 bits per heavy atom. The molecule has 3 N–H and O–H groups in total. The number of amidine groups is 1. The lowest BCUT2D eigenvalue weighted by molar-refractivity contribution is -0.140. The van der Waals surface area contributed by atoms with Gasteiger partial charge in [0.1, 0.15) is 11.7 Å². The summed E-state index contributed by atoms with van der Waals surface area (Å²) >= 11 is 1.68. The average Bonchev–Trinajstić information content (AvgIpc) is 3.15. The highest BCUT2D eigenvalue weighted by molar-refractivity contribution is 7.09. The van der Waals surface area contributed by atoms with Crippen molar-refractivity contribution in [2.75, 3.05) is 25.1 Å². The van der Waals surface area contributed by atoms with Gasteiger partial charge in [0.2, 0.25) is 0 Å². The number of nitrogen functional groups attached to an aromatic ring is 1. The topological polar surface area (TPSA) is 105 Å². The summed E-state index contributed by atoms with van der Waals surface area (Å²) in [7, 11) is 1.41. The summed E-state index contributed by atoms with van der Waals surface area (Å²) in [6.45, 7) is 1.85. The second-order valence-electron chi connectivity index (χ2n) is 6.33. The Labute approximate surface area is 156 Å². The minimum Gasteiger partial charge on any atom is -0.469 e. The summed E-state index contributed by atoms with van der Waals surface area (Å²) in [4.78, 5) is 22.6. The van der Waals surface area contributed by atoms with Crippen LogP contribution in [0.4, 0.5) is 5.82 Å². The maximum absolute atomic E-state index is 11.2. The number of rotatable bonds is 6. The summed E-state index contributed by atoms with van der Waals surface area (Å²) in [6.07, 6.45) is 4.72. The van der Waals surface area contributed by atoms with E-state index in [1.165, 1.54) is 7.11 Å². The zero-order chi connectivity index (χ0) is 18.5. The van der Waals surface area contributed by atoms with Crippen LogP contribution >= 0.6 is 11.3 Å². The van der Waals surface area contributed by atoms with E-state index in [1.54, 1.807) is 17.5 Å². The molecule has 1 aliphatic rings. The maximum Gasteiger partial charge on any atom is 0.305 e. The van der Waals surface area contributed by atoms with E-state index in [4.69, 9.17) is 16.1 Å². The van der Waals surface area contributed by atoms with Gasteiger partial charge in [-0.05, 0) is 25.0 Å². The Morgan fingerprint density at radius 1 is 1.42 bits per heavy atom. The van der Waals surface area contributed by atoms with Crippen LogP contribution in [-0.2, 0) is 16.0 Å². The first-order valence-corrected chi connectivity index (χ1v) is 9.51. The van der Waals surface area contributed by atoms with E-state index >= 15 is 0 Å². The SMILES string of the molecule is COC(=O)CCc1csc(C2CCN(c3ccc(C(=N)N)cn3)CC2)n1. The van der Waals surface area contributed by atoms with Crippen LogP contribution in [0.25, 0.3) is 0 Å². The second-order valence-corrected chi connectivity index (χ2v) is 7.22. The number of hydrogen-bond donors (Lipinski definition) is 2. The summed E-state index contributed by atoms with van der Waals surface area (Å²) in [5.41, 5.74) is 7.09. The molecule has 1 fully saturated rings. The summed E-state index contributed by atoms with van der Waals surface area (Å²) < 4.78 is 4.68. The first-order chi connectivity index (χ1) is 12.6. The number of carbonyl (C=O) groups excluding carboxylic acids is 1. The van der Waals surface area contributed by atoms with Gasteiger partial charge in [0.05, 0.1) is 24.2 Å². The molecule has 0 spiro atoms. The van der Waals surface area contributed by atoms with Gasteiger partial charge in [-0.1, -0.05) is 0 Å². The number of thiazole rings is 1. The van der Waals surface area contributed by atoms with Crippen LogP contribution in [0.2, 0.25) is 0 Å². The zero-order valence-corrected chi connectivity index (χ0v) is 15.6. The van der Waals surface area contributed by atoms with Gasteiger partial charge in [-0.2, -0.15) is 0 Å². The van der Waals surface area contributed by atoms with Gasteiger partial charge >= 0.3 is 5.97 Å². The van der Waals surface area contributed by atoms with Crippen molar-refractivity contribution < 1.29 is 9.53 Å². The third-order valence-electron chi connectivity index (χ3n) is 4.61. The highest BCUT2D eigenvalue weighted by Crippen LogP contribution is 2.32.